The van der Waals surface area contributed by atoms with Gasteiger partial charge >= 0.3 is 0 Å². The van der Waals surface area contributed by atoms with Crippen molar-refractivity contribution in [2.75, 3.05) is 32.8 Å². The van der Waals surface area contributed by atoms with Crippen molar-refractivity contribution in [1.82, 2.24) is 15.2 Å². The first kappa shape index (κ1) is 20.1. The van der Waals surface area contributed by atoms with Gasteiger partial charge in [-0.25, -0.2) is 0 Å². The topological polar surface area (TPSA) is 74.4 Å². The van der Waals surface area contributed by atoms with E-state index in [1.807, 2.05) is 48.5 Å². The van der Waals surface area contributed by atoms with Gasteiger partial charge in [0.2, 0.25) is 0 Å². The normalized spacial score (nSPS) is 15.5. The van der Waals surface area contributed by atoms with Crippen molar-refractivity contribution in [3.05, 3.63) is 94.3 Å². The van der Waals surface area contributed by atoms with E-state index < -0.39 is 5.56 Å². The van der Waals surface area contributed by atoms with E-state index >= 15 is 0 Å². The molecule has 0 radical (unpaired) electrons. The van der Waals surface area contributed by atoms with Gasteiger partial charge in [0, 0.05) is 25.3 Å². The lowest BCUT2D eigenvalue weighted by molar-refractivity contribution is 0.0162. The lowest BCUT2D eigenvalue weighted by Gasteiger charge is -2.34. The highest BCUT2D eigenvalue weighted by molar-refractivity contribution is 5.94. The van der Waals surface area contributed by atoms with Gasteiger partial charge in [-0.1, -0.05) is 60.7 Å². The third-order valence-corrected chi connectivity index (χ3v) is 5.37. The number of hydrogen-bond acceptors (Lipinski definition) is 4. The third-order valence-electron chi connectivity index (χ3n) is 5.37. The Kier molecular flexibility index (Phi) is 6.37. The van der Waals surface area contributed by atoms with Gasteiger partial charge in [-0.05, 0) is 23.3 Å². The van der Waals surface area contributed by atoms with Crippen molar-refractivity contribution in [3.8, 4) is 11.3 Å². The number of aromatic nitrogens is 1. The summed E-state index contributed by atoms with van der Waals surface area (Å²) < 4.78 is 5.47. The maximum absolute atomic E-state index is 12.8. The van der Waals surface area contributed by atoms with E-state index in [4.69, 9.17) is 4.74 Å². The van der Waals surface area contributed by atoms with Crippen LogP contribution < -0.4 is 10.9 Å². The Morgan fingerprint density at radius 3 is 2.30 bits per heavy atom. The molecule has 1 aliphatic heterocycles. The van der Waals surface area contributed by atoms with Gasteiger partial charge in [0.05, 0.1) is 19.3 Å². The summed E-state index contributed by atoms with van der Waals surface area (Å²) in [4.78, 5) is 30.4. The molecule has 6 heteroatoms. The molecule has 3 aromatic rings. The highest BCUT2D eigenvalue weighted by Gasteiger charge is 2.23. The quantitative estimate of drug-likeness (QED) is 0.664. The first-order chi connectivity index (χ1) is 14.7. The Balaban J connectivity index is 1.49. The van der Waals surface area contributed by atoms with Crippen LogP contribution in [0, 0.1) is 0 Å². The zero-order valence-electron chi connectivity index (χ0n) is 16.7. The maximum atomic E-state index is 12.8. The molecule has 1 unspecified atom stereocenters. The first-order valence-corrected chi connectivity index (χ1v) is 10.2. The molecule has 2 aromatic carbocycles. The van der Waals surface area contributed by atoms with Crippen molar-refractivity contribution in [1.29, 1.82) is 0 Å². The van der Waals surface area contributed by atoms with E-state index in [1.165, 1.54) is 0 Å². The molecule has 30 heavy (non-hydrogen) atoms. The van der Waals surface area contributed by atoms with Gasteiger partial charge in [0.1, 0.15) is 5.56 Å². The van der Waals surface area contributed by atoms with Crippen LogP contribution in [0.25, 0.3) is 11.3 Å². The van der Waals surface area contributed by atoms with Crippen molar-refractivity contribution >= 4 is 5.91 Å². The number of H-pyrrole nitrogens is 1. The van der Waals surface area contributed by atoms with Gasteiger partial charge in [-0.15, -0.1) is 0 Å². The molecule has 2 heterocycles. The Bertz CT molecular complexity index is 1030. The molecule has 0 spiro atoms. The summed E-state index contributed by atoms with van der Waals surface area (Å²) in [6.07, 6.45) is 0. The predicted molar refractivity (Wildman–Crippen MR) is 116 cm³/mol. The number of amides is 1. The van der Waals surface area contributed by atoms with E-state index in [9.17, 15) is 9.59 Å². The molecule has 0 saturated carbocycles. The fourth-order valence-electron chi connectivity index (χ4n) is 3.75. The minimum atomic E-state index is -0.392. The molecule has 1 aromatic heterocycles. The number of rotatable bonds is 6. The summed E-state index contributed by atoms with van der Waals surface area (Å²) in [5, 5.41) is 2.95. The van der Waals surface area contributed by atoms with Gasteiger partial charge in [0.25, 0.3) is 11.5 Å². The van der Waals surface area contributed by atoms with Gasteiger partial charge < -0.3 is 15.0 Å². The van der Waals surface area contributed by atoms with Crippen molar-refractivity contribution in [2.45, 2.75) is 6.04 Å². The van der Waals surface area contributed by atoms with Crippen LogP contribution in [0.1, 0.15) is 22.0 Å². The first-order valence-electron chi connectivity index (χ1n) is 10.2. The van der Waals surface area contributed by atoms with Crippen LogP contribution in [-0.4, -0.2) is 48.6 Å². The van der Waals surface area contributed by atoms with Crippen LogP contribution in [0.5, 0.6) is 0 Å². The molecule has 6 nitrogen and oxygen atoms in total. The summed E-state index contributed by atoms with van der Waals surface area (Å²) in [7, 11) is 0. The predicted octanol–water partition coefficient (Wildman–Crippen LogP) is 2.85. The molecule has 1 saturated heterocycles. The number of morpholine rings is 1. The molecular formula is C24H25N3O3. The summed E-state index contributed by atoms with van der Waals surface area (Å²) in [6.45, 7) is 3.39. The average Bonchev–Trinajstić information content (AvgIpc) is 2.81. The number of nitrogens with zero attached hydrogens (tertiary/aromatic N) is 1. The fraction of sp³-hybridized carbons (Fsp3) is 0.250. The molecule has 1 amide bonds. The van der Waals surface area contributed by atoms with E-state index in [2.05, 4.69) is 27.3 Å². The van der Waals surface area contributed by atoms with Crippen LogP contribution in [0.4, 0.5) is 0 Å². The summed E-state index contributed by atoms with van der Waals surface area (Å²) in [5.74, 6) is -0.370. The minimum absolute atomic E-state index is 0.0294. The summed E-state index contributed by atoms with van der Waals surface area (Å²) in [5.41, 5.74) is 2.44. The Morgan fingerprint density at radius 2 is 1.63 bits per heavy atom. The largest absolute Gasteiger partial charge is 0.379 e. The number of benzene rings is 2. The van der Waals surface area contributed by atoms with Crippen LogP contribution in [0.15, 0.2) is 77.6 Å². The van der Waals surface area contributed by atoms with Crippen LogP contribution in [0.3, 0.4) is 0 Å². The number of hydrogen-bond donors (Lipinski definition) is 2. The van der Waals surface area contributed by atoms with E-state index in [-0.39, 0.29) is 17.5 Å². The number of ether oxygens (including phenoxy) is 1. The number of pyridine rings is 1. The smallest absolute Gasteiger partial charge is 0.261 e. The van der Waals surface area contributed by atoms with Gasteiger partial charge in [-0.3, -0.25) is 14.5 Å². The minimum Gasteiger partial charge on any atom is -0.379 e. The molecule has 0 aliphatic carbocycles. The van der Waals surface area contributed by atoms with Crippen LogP contribution in [0.2, 0.25) is 0 Å². The SMILES string of the molecule is O=C(NCC(c1ccccc1)N1CCOCC1)c1ccc(-c2ccccc2)[nH]c1=O. The Morgan fingerprint density at radius 1 is 0.967 bits per heavy atom. The Hall–Kier alpha value is -3.22. The number of carbonyl (C=O) groups excluding carboxylic acids is 1. The standard InChI is InChI=1S/C24H25N3O3/c28-23(20-11-12-21(26-24(20)29)18-7-3-1-4-8-18)25-17-22(19-9-5-2-6-10-19)27-13-15-30-16-14-27/h1-12,22H,13-17H2,(H,25,28)(H,26,29). The van der Waals surface area contributed by atoms with Gasteiger partial charge in [-0.2, -0.15) is 0 Å². The highest BCUT2D eigenvalue weighted by Crippen LogP contribution is 2.21. The molecule has 154 valence electrons. The lowest BCUT2D eigenvalue weighted by Crippen LogP contribution is -2.44. The van der Waals surface area contributed by atoms with E-state index in [0.717, 1.165) is 24.2 Å². The van der Waals surface area contributed by atoms with Gasteiger partial charge in [0.15, 0.2) is 0 Å². The second kappa shape index (κ2) is 9.52. The zero-order valence-corrected chi connectivity index (χ0v) is 16.7. The molecule has 2 N–H and O–H groups in total. The summed E-state index contributed by atoms with van der Waals surface area (Å²) in [6, 6.07) is 23.0. The van der Waals surface area contributed by atoms with E-state index in [0.29, 0.717) is 25.5 Å². The lowest BCUT2D eigenvalue weighted by atomic mass is 10.0. The maximum Gasteiger partial charge on any atom is 0.261 e. The molecular weight excluding hydrogens is 378 g/mol. The Labute approximate surface area is 175 Å². The van der Waals surface area contributed by atoms with Crippen molar-refractivity contribution < 1.29 is 9.53 Å². The molecule has 1 aliphatic rings. The second-order valence-corrected chi connectivity index (χ2v) is 7.27. The highest BCUT2D eigenvalue weighted by atomic mass is 16.5. The van der Waals surface area contributed by atoms with Crippen LogP contribution >= 0.6 is 0 Å². The molecule has 1 fully saturated rings. The third kappa shape index (κ3) is 4.67. The molecule has 1 atom stereocenters. The number of carbonyl (C=O) groups is 1. The number of aromatic amines is 1. The van der Waals surface area contributed by atoms with Crippen LogP contribution in [-0.2, 0) is 4.74 Å². The zero-order chi connectivity index (χ0) is 20.8. The van der Waals surface area contributed by atoms with Crippen molar-refractivity contribution in [3.63, 3.8) is 0 Å². The summed E-state index contributed by atoms with van der Waals surface area (Å²) >= 11 is 0. The van der Waals surface area contributed by atoms with Crippen molar-refractivity contribution in [2.24, 2.45) is 0 Å². The monoisotopic (exact) mass is 403 g/mol. The molecule has 4 rings (SSSR count). The molecule has 0 bridgehead atoms. The number of nitrogens with one attached hydrogen (secondary N) is 2. The fourth-order valence-corrected chi connectivity index (χ4v) is 3.75. The second-order valence-electron chi connectivity index (χ2n) is 7.27. The average molecular weight is 403 g/mol. The van der Waals surface area contributed by atoms with E-state index in [1.54, 1.807) is 12.1 Å².